The van der Waals surface area contributed by atoms with Crippen LogP contribution in [0.5, 0.6) is 0 Å². The van der Waals surface area contributed by atoms with Crippen LogP contribution in [0.1, 0.15) is 5.69 Å². The smallest absolute Gasteiger partial charge is 0.325 e. The van der Waals surface area contributed by atoms with Crippen molar-refractivity contribution in [3.8, 4) is 0 Å². The van der Waals surface area contributed by atoms with Gasteiger partial charge in [-0.25, -0.2) is 18.9 Å². The van der Waals surface area contributed by atoms with E-state index < -0.39 is 23.6 Å². The van der Waals surface area contributed by atoms with E-state index in [-0.39, 0.29) is 21.6 Å². The van der Waals surface area contributed by atoms with E-state index in [0.29, 0.717) is 5.69 Å². The highest BCUT2D eigenvalue weighted by molar-refractivity contribution is 7.99. The van der Waals surface area contributed by atoms with Crippen molar-refractivity contribution in [2.75, 3.05) is 11.1 Å². The molecule has 26 heavy (non-hydrogen) atoms. The first-order valence-corrected chi connectivity index (χ1v) is 8.26. The lowest BCUT2D eigenvalue weighted by molar-refractivity contribution is -0.141. The minimum atomic E-state index is -4.59. The van der Waals surface area contributed by atoms with Crippen LogP contribution in [-0.4, -0.2) is 31.2 Å². The molecule has 1 aromatic carbocycles. The third-order valence-corrected chi connectivity index (χ3v) is 4.16. The number of hydrogen-bond acceptors (Lipinski definition) is 5. The summed E-state index contributed by atoms with van der Waals surface area (Å²) in [5, 5.41) is 6.41. The van der Waals surface area contributed by atoms with Crippen molar-refractivity contribution in [2.24, 2.45) is 0 Å². The van der Waals surface area contributed by atoms with Gasteiger partial charge in [0.05, 0.1) is 10.8 Å². The Labute approximate surface area is 152 Å². The number of rotatable bonds is 4. The van der Waals surface area contributed by atoms with E-state index in [0.717, 1.165) is 34.7 Å². The van der Waals surface area contributed by atoms with E-state index in [1.165, 1.54) is 12.1 Å². The van der Waals surface area contributed by atoms with E-state index in [1.54, 1.807) is 0 Å². The maximum absolute atomic E-state index is 13.1. The number of hydrogen-bond donors (Lipinski definition) is 1. The summed E-state index contributed by atoms with van der Waals surface area (Å²) < 4.78 is 52.0. The molecule has 2 heterocycles. The van der Waals surface area contributed by atoms with Crippen LogP contribution in [0.4, 0.5) is 23.2 Å². The summed E-state index contributed by atoms with van der Waals surface area (Å²) in [6.45, 7) is 0. The van der Waals surface area contributed by atoms with Crippen molar-refractivity contribution >= 4 is 40.6 Å². The summed E-state index contributed by atoms with van der Waals surface area (Å²) in [4.78, 5) is 19.1. The minimum absolute atomic E-state index is 0.0412. The lowest BCUT2D eigenvalue weighted by Gasteiger charge is -2.04. The molecule has 136 valence electrons. The van der Waals surface area contributed by atoms with Gasteiger partial charge in [0.2, 0.25) is 11.1 Å². The average Bonchev–Trinajstić information content (AvgIpc) is 2.97. The van der Waals surface area contributed by atoms with Gasteiger partial charge in [-0.05, 0) is 18.2 Å². The van der Waals surface area contributed by atoms with Gasteiger partial charge in [-0.3, -0.25) is 4.79 Å². The van der Waals surface area contributed by atoms with Crippen molar-refractivity contribution in [3.05, 3.63) is 47.1 Å². The second kappa shape index (κ2) is 7.08. The Bertz CT molecular complexity index is 978. The molecule has 3 aromatic rings. The van der Waals surface area contributed by atoms with E-state index in [9.17, 15) is 22.4 Å². The molecule has 0 radical (unpaired) electrons. The fourth-order valence-electron chi connectivity index (χ4n) is 1.89. The highest BCUT2D eigenvalue weighted by Crippen LogP contribution is 2.28. The molecule has 0 fully saturated rings. The van der Waals surface area contributed by atoms with Crippen LogP contribution < -0.4 is 5.32 Å². The number of aromatic nitrogens is 4. The number of benzene rings is 1. The molecule has 0 atom stereocenters. The number of nitrogens with one attached hydrogen (secondary N) is 1. The van der Waals surface area contributed by atoms with Crippen LogP contribution in [0.15, 0.2) is 35.7 Å². The fraction of sp³-hybridized carbons (Fsp3) is 0.143. The summed E-state index contributed by atoms with van der Waals surface area (Å²) in [6.07, 6.45) is -3.69. The van der Waals surface area contributed by atoms with Crippen LogP contribution in [-0.2, 0) is 11.0 Å². The minimum Gasteiger partial charge on any atom is -0.325 e. The molecule has 6 nitrogen and oxygen atoms in total. The van der Waals surface area contributed by atoms with E-state index in [4.69, 9.17) is 11.6 Å². The van der Waals surface area contributed by atoms with Crippen molar-refractivity contribution in [2.45, 2.75) is 11.3 Å². The number of thioether (sulfide) groups is 1. The topological polar surface area (TPSA) is 72.2 Å². The Morgan fingerprint density at radius 1 is 1.31 bits per heavy atom. The van der Waals surface area contributed by atoms with Crippen molar-refractivity contribution < 1.29 is 22.4 Å². The number of halogens is 5. The van der Waals surface area contributed by atoms with Crippen LogP contribution in [0.2, 0.25) is 5.02 Å². The van der Waals surface area contributed by atoms with Gasteiger partial charge in [0.15, 0.2) is 5.65 Å². The van der Waals surface area contributed by atoms with Crippen LogP contribution in [0, 0.1) is 5.82 Å². The SMILES string of the molecule is O=C(CSc1nc2cc(C(F)(F)F)ncn2n1)Nc1ccc(F)c(Cl)c1. The van der Waals surface area contributed by atoms with Gasteiger partial charge in [-0.15, -0.1) is 5.10 Å². The van der Waals surface area contributed by atoms with Crippen LogP contribution in [0.3, 0.4) is 0 Å². The Morgan fingerprint density at radius 3 is 2.77 bits per heavy atom. The number of alkyl halides is 3. The monoisotopic (exact) mass is 405 g/mol. The molecular weight excluding hydrogens is 398 g/mol. The Kier molecular flexibility index (Phi) is 5.01. The molecule has 0 saturated heterocycles. The van der Waals surface area contributed by atoms with Gasteiger partial charge in [0, 0.05) is 11.8 Å². The van der Waals surface area contributed by atoms with E-state index in [2.05, 4.69) is 20.4 Å². The summed E-state index contributed by atoms with van der Waals surface area (Å²) >= 11 is 6.54. The first kappa shape index (κ1) is 18.4. The second-order valence-electron chi connectivity index (χ2n) is 4.93. The first-order valence-electron chi connectivity index (χ1n) is 6.90. The van der Waals surface area contributed by atoms with Gasteiger partial charge in [0.25, 0.3) is 0 Å². The quantitative estimate of drug-likeness (QED) is 0.529. The largest absolute Gasteiger partial charge is 0.433 e. The molecule has 2 aromatic heterocycles. The molecule has 0 aliphatic heterocycles. The predicted molar refractivity (Wildman–Crippen MR) is 86.5 cm³/mol. The molecule has 3 rings (SSSR count). The van der Waals surface area contributed by atoms with E-state index in [1.807, 2.05) is 0 Å². The fourth-order valence-corrected chi connectivity index (χ4v) is 2.71. The average molecular weight is 406 g/mol. The zero-order valence-electron chi connectivity index (χ0n) is 12.6. The molecule has 0 spiro atoms. The standard InChI is InChI=1S/C14H8ClF4N5OS/c15-8-3-7(1-2-9(8)16)21-12(25)5-26-13-22-11-4-10(14(17,18)19)20-6-24(11)23-13/h1-4,6H,5H2,(H,21,25). The summed E-state index contributed by atoms with van der Waals surface area (Å²) in [7, 11) is 0. The van der Waals surface area contributed by atoms with Crippen LogP contribution >= 0.6 is 23.4 Å². The number of nitrogens with zero attached hydrogens (tertiary/aromatic N) is 4. The molecule has 0 saturated carbocycles. The van der Waals surface area contributed by atoms with Crippen molar-refractivity contribution in [1.29, 1.82) is 0 Å². The maximum atomic E-state index is 13.1. The molecule has 0 bridgehead atoms. The summed E-state index contributed by atoms with van der Waals surface area (Å²) in [5.74, 6) is -1.16. The normalized spacial score (nSPS) is 11.7. The Morgan fingerprint density at radius 2 is 2.08 bits per heavy atom. The van der Waals surface area contributed by atoms with Gasteiger partial charge < -0.3 is 5.32 Å². The molecule has 12 heteroatoms. The number of carbonyl (C=O) groups is 1. The summed E-state index contributed by atoms with van der Waals surface area (Å²) in [6, 6.07) is 4.47. The van der Waals surface area contributed by atoms with E-state index >= 15 is 0 Å². The van der Waals surface area contributed by atoms with Crippen molar-refractivity contribution in [1.82, 2.24) is 19.6 Å². The molecule has 1 N–H and O–H groups in total. The number of amides is 1. The summed E-state index contributed by atoms with van der Waals surface area (Å²) in [5.41, 5.74) is -0.815. The second-order valence-corrected chi connectivity index (χ2v) is 6.28. The Hall–Kier alpha value is -2.40. The third-order valence-electron chi connectivity index (χ3n) is 3.04. The predicted octanol–water partition coefficient (Wildman–Crippen LogP) is 3.67. The van der Waals surface area contributed by atoms with Gasteiger partial charge in [-0.1, -0.05) is 23.4 Å². The molecule has 1 amide bonds. The zero-order chi connectivity index (χ0) is 18.9. The highest BCUT2D eigenvalue weighted by Gasteiger charge is 2.33. The number of fused-ring (bicyclic) bond motifs is 1. The van der Waals surface area contributed by atoms with Gasteiger partial charge >= 0.3 is 6.18 Å². The zero-order valence-corrected chi connectivity index (χ0v) is 14.2. The van der Waals surface area contributed by atoms with Crippen LogP contribution in [0.25, 0.3) is 5.65 Å². The van der Waals surface area contributed by atoms with Gasteiger partial charge in [-0.2, -0.15) is 13.2 Å². The maximum Gasteiger partial charge on any atom is 0.433 e. The Balaban J connectivity index is 1.65. The van der Waals surface area contributed by atoms with Gasteiger partial charge in [0.1, 0.15) is 17.8 Å². The number of carbonyl (C=O) groups excluding carboxylic acids is 1. The first-order chi connectivity index (χ1) is 12.2. The lowest BCUT2D eigenvalue weighted by Crippen LogP contribution is -2.14. The third kappa shape index (κ3) is 4.22. The molecule has 0 aliphatic carbocycles. The molecular formula is C14H8ClF4N5OS. The molecule has 0 unspecified atom stereocenters. The molecule has 0 aliphatic rings. The lowest BCUT2D eigenvalue weighted by atomic mass is 10.3. The number of anilines is 1. The van der Waals surface area contributed by atoms with Crippen molar-refractivity contribution in [3.63, 3.8) is 0 Å². The highest BCUT2D eigenvalue weighted by atomic mass is 35.5.